The van der Waals surface area contributed by atoms with Crippen LogP contribution in [0, 0.1) is 0 Å². The van der Waals surface area contributed by atoms with E-state index in [9.17, 15) is 9.59 Å². The van der Waals surface area contributed by atoms with Crippen LogP contribution in [0.15, 0.2) is 48.5 Å². The van der Waals surface area contributed by atoms with Crippen molar-refractivity contribution in [1.82, 2.24) is 16.2 Å². The summed E-state index contributed by atoms with van der Waals surface area (Å²) in [4.78, 5) is 23.7. The molecule has 0 heterocycles. The predicted molar refractivity (Wildman–Crippen MR) is 113 cm³/mol. The Labute approximate surface area is 178 Å². The molecule has 6 nitrogen and oxygen atoms in total. The van der Waals surface area contributed by atoms with E-state index >= 15 is 0 Å². The van der Waals surface area contributed by atoms with Crippen LogP contribution in [0.2, 0.25) is 10.0 Å². The van der Waals surface area contributed by atoms with Gasteiger partial charge in [-0.2, -0.15) is 0 Å². The van der Waals surface area contributed by atoms with Crippen molar-refractivity contribution >= 4 is 52.3 Å². The fourth-order valence-corrected chi connectivity index (χ4v) is 2.81. The van der Waals surface area contributed by atoms with Crippen LogP contribution >= 0.6 is 35.4 Å². The van der Waals surface area contributed by atoms with E-state index < -0.39 is 0 Å². The molecule has 2 aromatic carbocycles. The number of hydrazine groups is 1. The molecule has 0 aliphatic heterocycles. The van der Waals surface area contributed by atoms with Crippen LogP contribution in [0.25, 0.3) is 0 Å². The molecular formula is C19H19Cl2N3O3S. The van der Waals surface area contributed by atoms with Gasteiger partial charge < -0.3 is 10.1 Å². The quantitative estimate of drug-likeness (QED) is 0.349. The molecule has 0 saturated carbocycles. The standard InChI is InChI=1S/C19H19Cl2N3O3S/c20-14-8-9-16(15(21)12-14)27-10-4-7-17(25)22-19(28)24-23-18(26)11-13-5-2-1-3-6-13/h1-3,5-6,8-9,12H,4,7,10-11H2,(H,23,26)(H2,22,24,25,28). The molecule has 0 aromatic heterocycles. The van der Waals surface area contributed by atoms with Crippen LogP contribution in [0.1, 0.15) is 18.4 Å². The number of halogens is 2. The second-order valence-corrected chi connectivity index (χ2v) is 6.99. The molecule has 2 amide bonds. The van der Waals surface area contributed by atoms with Gasteiger partial charge in [-0.3, -0.25) is 20.4 Å². The van der Waals surface area contributed by atoms with Crippen LogP contribution in [-0.4, -0.2) is 23.5 Å². The summed E-state index contributed by atoms with van der Waals surface area (Å²) >= 11 is 16.8. The van der Waals surface area contributed by atoms with E-state index in [1.807, 2.05) is 30.3 Å². The maximum atomic E-state index is 11.9. The smallest absolute Gasteiger partial charge is 0.242 e. The number of amides is 2. The lowest BCUT2D eigenvalue weighted by molar-refractivity contribution is -0.122. The van der Waals surface area contributed by atoms with Crippen LogP contribution in [-0.2, 0) is 16.0 Å². The summed E-state index contributed by atoms with van der Waals surface area (Å²) in [7, 11) is 0. The summed E-state index contributed by atoms with van der Waals surface area (Å²) in [5.74, 6) is -0.0542. The van der Waals surface area contributed by atoms with E-state index in [1.54, 1.807) is 18.2 Å². The maximum Gasteiger partial charge on any atom is 0.242 e. The summed E-state index contributed by atoms with van der Waals surface area (Å²) in [6.45, 7) is 0.308. The lowest BCUT2D eigenvalue weighted by Crippen LogP contribution is -2.48. The number of carbonyl (C=O) groups excluding carboxylic acids is 2. The molecule has 0 aliphatic rings. The molecule has 0 saturated heterocycles. The first-order valence-corrected chi connectivity index (χ1v) is 9.61. The number of carbonyl (C=O) groups is 2. The van der Waals surface area contributed by atoms with E-state index in [4.69, 9.17) is 40.2 Å². The summed E-state index contributed by atoms with van der Waals surface area (Å²) in [5, 5.41) is 3.44. The zero-order valence-corrected chi connectivity index (χ0v) is 17.2. The van der Waals surface area contributed by atoms with Gasteiger partial charge in [0, 0.05) is 11.4 Å². The average molecular weight is 440 g/mol. The number of rotatable bonds is 7. The highest BCUT2D eigenvalue weighted by molar-refractivity contribution is 7.80. The minimum absolute atomic E-state index is 0.0214. The van der Waals surface area contributed by atoms with Gasteiger partial charge in [0.1, 0.15) is 5.75 Å². The van der Waals surface area contributed by atoms with Gasteiger partial charge in [-0.15, -0.1) is 0 Å². The molecule has 2 aromatic rings. The molecule has 28 heavy (non-hydrogen) atoms. The normalized spacial score (nSPS) is 10.1. The van der Waals surface area contributed by atoms with Crippen molar-refractivity contribution in [2.45, 2.75) is 19.3 Å². The highest BCUT2D eigenvalue weighted by Crippen LogP contribution is 2.27. The van der Waals surface area contributed by atoms with Gasteiger partial charge in [0.05, 0.1) is 18.1 Å². The first-order chi connectivity index (χ1) is 13.4. The second-order valence-electron chi connectivity index (χ2n) is 5.74. The summed E-state index contributed by atoms with van der Waals surface area (Å²) in [6, 6.07) is 14.2. The topological polar surface area (TPSA) is 79.5 Å². The van der Waals surface area contributed by atoms with Gasteiger partial charge in [-0.25, -0.2) is 0 Å². The minimum Gasteiger partial charge on any atom is -0.492 e. The molecule has 0 aliphatic carbocycles. The van der Waals surface area contributed by atoms with Crippen molar-refractivity contribution in [2.75, 3.05) is 6.61 Å². The number of thiocarbonyl (C=S) groups is 1. The lowest BCUT2D eigenvalue weighted by atomic mass is 10.1. The predicted octanol–water partition coefficient (Wildman–Crippen LogP) is 3.42. The van der Waals surface area contributed by atoms with Crippen molar-refractivity contribution in [3.05, 3.63) is 64.1 Å². The third-order valence-electron chi connectivity index (χ3n) is 3.48. The monoisotopic (exact) mass is 439 g/mol. The van der Waals surface area contributed by atoms with Crippen molar-refractivity contribution in [2.24, 2.45) is 0 Å². The summed E-state index contributed by atoms with van der Waals surface area (Å²) in [6.07, 6.45) is 0.869. The van der Waals surface area contributed by atoms with Crippen molar-refractivity contribution in [3.8, 4) is 5.75 Å². The maximum absolute atomic E-state index is 11.9. The Kier molecular flexibility index (Phi) is 9.00. The minimum atomic E-state index is -0.291. The molecule has 0 fully saturated rings. The van der Waals surface area contributed by atoms with E-state index in [0.29, 0.717) is 28.8 Å². The molecule has 0 bridgehead atoms. The third kappa shape index (κ3) is 8.12. The Bertz CT molecular complexity index is 834. The van der Waals surface area contributed by atoms with E-state index in [-0.39, 0.29) is 29.8 Å². The molecule has 2 rings (SSSR count). The number of hydrogen-bond acceptors (Lipinski definition) is 4. The Morgan fingerprint density at radius 1 is 1.00 bits per heavy atom. The molecule has 0 spiro atoms. The number of nitrogens with one attached hydrogen (secondary N) is 3. The Morgan fingerprint density at radius 2 is 1.75 bits per heavy atom. The zero-order chi connectivity index (χ0) is 20.4. The van der Waals surface area contributed by atoms with Crippen LogP contribution in [0.4, 0.5) is 0 Å². The van der Waals surface area contributed by atoms with Crippen LogP contribution < -0.4 is 20.9 Å². The average Bonchev–Trinajstić information content (AvgIpc) is 2.66. The van der Waals surface area contributed by atoms with Crippen molar-refractivity contribution in [1.29, 1.82) is 0 Å². The summed E-state index contributed by atoms with van der Waals surface area (Å²) < 4.78 is 5.51. The summed E-state index contributed by atoms with van der Waals surface area (Å²) in [5.41, 5.74) is 5.81. The lowest BCUT2D eigenvalue weighted by Gasteiger charge is -2.11. The highest BCUT2D eigenvalue weighted by Gasteiger charge is 2.08. The van der Waals surface area contributed by atoms with Crippen molar-refractivity contribution < 1.29 is 14.3 Å². The van der Waals surface area contributed by atoms with E-state index in [1.165, 1.54) is 0 Å². The Morgan fingerprint density at radius 3 is 2.46 bits per heavy atom. The van der Waals surface area contributed by atoms with Gasteiger partial charge in [-0.05, 0) is 42.4 Å². The number of benzene rings is 2. The fourth-order valence-electron chi connectivity index (χ4n) is 2.18. The molecule has 0 atom stereocenters. The molecule has 148 valence electrons. The molecule has 0 radical (unpaired) electrons. The molecule has 9 heteroatoms. The second kappa shape index (κ2) is 11.5. The molecule has 3 N–H and O–H groups in total. The van der Waals surface area contributed by atoms with E-state index in [0.717, 1.165) is 5.56 Å². The molecule has 0 unspecified atom stereocenters. The number of ether oxygens (including phenoxy) is 1. The van der Waals surface area contributed by atoms with E-state index in [2.05, 4.69) is 16.2 Å². The van der Waals surface area contributed by atoms with Crippen LogP contribution in [0.5, 0.6) is 5.75 Å². The van der Waals surface area contributed by atoms with Gasteiger partial charge in [0.2, 0.25) is 11.8 Å². The van der Waals surface area contributed by atoms with Gasteiger partial charge in [-0.1, -0.05) is 53.5 Å². The largest absolute Gasteiger partial charge is 0.492 e. The fraction of sp³-hybridized carbons (Fsp3) is 0.211. The highest BCUT2D eigenvalue weighted by atomic mass is 35.5. The number of hydrogen-bond donors (Lipinski definition) is 3. The zero-order valence-electron chi connectivity index (χ0n) is 14.8. The van der Waals surface area contributed by atoms with Gasteiger partial charge >= 0.3 is 0 Å². The SMILES string of the molecule is O=C(Cc1ccccc1)NNC(=S)NC(=O)CCCOc1ccc(Cl)cc1Cl. The first kappa shape index (κ1) is 21.9. The Hall–Kier alpha value is -2.35. The Balaban J connectivity index is 1.60. The van der Waals surface area contributed by atoms with Gasteiger partial charge in [0.15, 0.2) is 5.11 Å². The third-order valence-corrected chi connectivity index (χ3v) is 4.21. The first-order valence-electron chi connectivity index (χ1n) is 8.44. The molecular weight excluding hydrogens is 421 g/mol. The van der Waals surface area contributed by atoms with Gasteiger partial charge in [0.25, 0.3) is 0 Å². The van der Waals surface area contributed by atoms with Crippen molar-refractivity contribution in [3.63, 3.8) is 0 Å². The van der Waals surface area contributed by atoms with Crippen LogP contribution in [0.3, 0.4) is 0 Å².